The van der Waals surface area contributed by atoms with Crippen LogP contribution in [0.4, 0.5) is 0 Å². The van der Waals surface area contributed by atoms with Gasteiger partial charge in [0.25, 0.3) is 0 Å². The van der Waals surface area contributed by atoms with Crippen LogP contribution in [0.5, 0.6) is 11.5 Å². The molecule has 5 nitrogen and oxygen atoms in total. The first-order chi connectivity index (χ1) is 10.1. The van der Waals surface area contributed by atoms with Crippen LogP contribution in [0.3, 0.4) is 0 Å². The van der Waals surface area contributed by atoms with E-state index in [0.29, 0.717) is 26.2 Å². The maximum absolute atomic E-state index is 11.9. The predicted octanol–water partition coefficient (Wildman–Crippen LogP) is 1.43. The minimum absolute atomic E-state index is 0.109. The highest BCUT2D eigenvalue weighted by molar-refractivity contribution is 7.80. The Hall–Kier alpha value is -1.82. The van der Waals surface area contributed by atoms with Gasteiger partial charge in [0.15, 0.2) is 11.5 Å². The molecule has 0 fully saturated rings. The van der Waals surface area contributed by atoms with E-state index >= 15 is 0 Å². The van der Waals surface area contributed by atoms with E-state index in [1.165, 1.54) is 0 Å². The zero-order chi connectivity index (χ0) is 15.2. The van der Waals surface area contributed by atoms with Gasteiger partial charge in [-0.2, -0.15) is 0 Å². The third-order valence-corrected chi connectivity index (χ3v) is 3.67. The summed E-state index contributed by atoms with van der Waals surface area (Å²) in [4.78, 5) is 12.2. The lowest BCUT2D eigenvalue weighted by molar-refractivity contribution is -0.123. The molecule has 1 aliphatic rings. The zero-order valence-electron chi connectivity index (χ0n) is 12.1. The molecule has 1 unspecified atom stereocenters. The number of amides is 1. The van der Waals surface area contributed by atoms with Crippen LogP contribution in [0.25, 0.3) is 0 Å². The van der Waals surface area contributed by atoms with Crippen molar-refractivity contribution in [2.75, 3.05) is 19.8 Å². The molecule has 0 bridgehead atoms. The molecule has 114 valence electrons. The topological polar surface area (TPSA) is 73.6 Å². The Labute approximate surface area is 129 Å². The molecule has 0 radical (unpaired) electrons. The molecule has 0 saturated heterocycles. The summed E-state index contributed by atoms with van der Waals surface area (Å²) in [5, 5.41) is 2.87. The molecule has 3 N–H and O–H groups in total. The molecule has 1 aliphatic heterocycles. The summed E-state index contributed by atoms with van der Waals surface area (Å²) in [5.74, 6) is 1.04. The fraction of sp³-hybridized carbons (Fsp3) is 0.467. The first kappa shape index (κ1) is 15.6. The van der Waals surface area contributed by atoms with Gasteiger partial charge in [-0.25, -0.2) is 0 Å². The van der Waals surface area contributed by atoms with Crippen LogP contribution >= 0.6 is 12.2 Å². The maximum atomic E-state index is 11.9. The van der Waals surface area contributed by atoms with Gasteiger partial charge in [0.1, 0.15) is 13.2 Å². The summed E-state index contributed by atoms with van der Waals surface area (Å²) < 4.78 is 11.0. The molecule has 0 aromatic heterocycles. The highest BCUT2D eigenvalue weighted by atomic mass is 32.1. The Morgan fingerprint density at radius 2 is 2.10 bits per heavy atom. The second-order valence-electron chi connectivity index (χ2n) is 4.88. The van der Waals surface area contributed by atoms with Crippen molar-refractivity contribution in [2.24, 2.45) is 11.7 Å². The number of rotatable bonds is 6. The SMILES string of the molecule is CCC(C(=O)NCCc1ccc2c(c1)OCCO2)C(N)=S. The van der Waals surface area contributed by atoms with E-state index in [4.69, 9.17) is 27.4 Å². The number of carbonyl (C=O) groups excluding carboxylic acids is 1. The van der Waals surface area contributed by atoms with E-state index in [1.807, 2.05) is 25.1 Å². The van der Waals surface area contributed by atoms with Crippen LogP contribution in [-0.4, -0.2) is 30.7 Å². The highest BCUT2D eigenvalue weighted by Gasteiger charge is 2.18. The molecule has 1 aromatic carbocycles. The van der Waals surface area contributed by atoms with E-state index in [1.54, 1.807) is 0 Å². The number of carbonyl (C=O) groups is 1. The third-order valence-electron chi connectivity index (χ3n) is 3.39. The van der Waals surface area contributed by atoms with E-state index in [9.17, 15) is 4.79 Å². The fourth-order valence-corrected chi connectivity index (χ4v) is 2.49. The minimum Gasteiger partial charge on any atom is -0.486 e. The van der Waals surface area contributed by atoms with Crippen molar-refractivity contribution >= 4 is 23.1 Å². The standard InChI is InChI=1S/C15H20N2O3S/c1-2-11(14(16)21)15(18)17-6-5-10-3-4-12-13(9-10)20-8-7-19-12/h3-4,9,11H,2,5-8H2,1H3,(H2,16,21)(H,17,18). The van der Waals surface area contributed by atoms with E-state index in [2.05, 4.69) is 5.32 Å². The monoisotopic (exact) mass is 308 g/mol. The number of ether oxygens (including phenoxy) is 2. The van der Waals surface area contributed by atoms with Crippen LogP contribution in [0, 0.1) is 5.92 Å². The Bertz CT molecular complexity index is 534. The molecular weight excluding hydrogens is 288 g/mol. The third kappa shape index (κ3) is 4.07. The number of thiocarbonyl (C=S) groups is 1. The Balaban J connectivity index is 1.86. The van der Waals surface area contributed by atoms with Gasteiger partial charge in [-0.1, -0.05) is 25.2 Å². The number of hydrogen-bond donors (Lipinski definition) is 2. The average Bonchev–Trinajstić information content (AvgIpc) is 2.47. The van der Waals surface area contributed by atoms with Crippen molar-refractivity contribution in [2.45, 2.75) is 19.8 Å². The van der Waals surface area contributed by atoms with Gasteiger partial charge in [-0.15, -0.1) is 0 Å². The van der Waals surface area contributed by atoms with Crippen LogP contribution in [-0.2, 0) is 11.2 Å². The number of nitrogens with two attached hydrogens (primary N) is 1. The Morgan fingerprint density at radius 1 is 1.38 bits per heavy atom. The normalized spacial score (nSPS) is 14.3. The van der Waals surface area contributed by atoms with Crippen LogP contribution in [0.2, 0.25) is 0 Å². The van der Waals surface area contributed by atoms with Crippen LogP contribution in [0.15, 0.2) is 18.2 Å². The first-order valence-electron chi connectivity index (χ1n) is 7.07. The summed E-state index contributed by atoms with van der Waals surface area (Å²) in [6.07, 6.45) is 1.33. The molecule has 1 atom stereocenters. The average molecular weight is 308 g/mol. The number of nitrogens with one attached hydrogen (secondary N) is 1. The van der Waals surface area contributed by atoms with Gasteiger partial charge in [0, 0.05) is 6.54 Å². The highest BCUT2D eigenvalue weighted by Crippen LogP contribution is 2.30. The van der Waals surface area contributed by atoms with Crippen molar-refractivity contribution < 1.29 is 14.3 Å². The molecule has 0 aliphatic carbocycles. The Kier molecular flexibility index (Phi) is 5.38. The van der Waals surface area contributed by atoms with Gasteiger partial charge in [-0.3, -0.25) is 4.79 Å². The smallest absolute Gasteiger partial charge is 0.229 e. The summed E-state index contributed by atoms with van der Waals surface area (Å²) in [5.41, 5.74) is 6.63. The maximum Gasteiger partial charge on any atom is 0.229 e. The van der Waals surface area contributed by atoms with E-state index < -0.39 is 0 Å². The largest absolute Gasteiger partial charge is 0.486 e. The first-order valence-corrected chi connectivity index (χ1v) is 7.48. The van der Waals surface area contributed by atoms with Gasteiger partial charge >= 0.3 is 0 Å². The lowest BCUT2D eigenvalue weighted by Gasteiger charge is -2.19. The van der Waals surface area contributed by atoms with Crippen molar-refractivity contribution in [3.63, 3.8) is 0 Å². The van der Waals surface area contributed by atoms with Gasteiger partial charge < -0.3 is 20.5 Å². The summed E-state index contributed by atoms with van der Waals surface area (Å²) in [6.45, 7) is 3.58. The van der Waals surface area contributed by atoms with Crippen molar-refractivity contribution in [3.8, 4) is 11.5 Å². The predicted molar refractivity (Wildman–Crippen MR) is 84.7 cm³/mol. The Morgan fingerprint density at radius 3 is 2.76 bits per heavy atom. The molecule has 0 spiro atoms. The number of fused-ring (bicyclic) bond motifs is 1. The van der Waals surface area contributed by atoms with Gasteiger partial charge in [0.2, 0.25) is 5.91 Å². The lowest BCUT2D eigenvalue weighted by atomic mass is 10.1. The van der Waals surface area contributed by atoms with E-state index in [-0.39, 0.29) is 16.8 Å². The zero-order valence-corrected chi connectivity index (χ0v) is 12.9. The molecular formula is C15H20N2O3S. The van der Waals surface area contributed by atoms with Crippen molar-refractivity contribution in [1.29, 1.82) is 0 Å². The minimum atomic E-state index is -0.389. The van der Waals surface area contributed by atoms with Crippen molar-refractivity contribution in [1.82, 2.24) is 5.32 Å². The summed E-state index contributed by atoms with van der Waals surface area (Å²) in [6, 6.07) is 5.82. The second kappa shape index (κ2) is 7.26. The quantitative estimate of drug-likeness (QED) is 0.778. The lowest BCUT2D eigenvalue weighted by Crippen LogP contribution is -2.38. The summed E-state index contributed by atoms with van der Waals surface area (Å²) >= 11 is 4.89. The second-order valence-corrected chi connectivity index (χ2v) is 5.35. The molecule has 1 aromatic rings. The number of hydrogen-bond acceptors (Lipinski definition) is 4. The number of benzene rings is 1. The molecule has 0 saturated carbocycles. The van der Waals surface area contributed by atoms with Crippen LogP contribution < -0.4 is 20.5 Å². The fourth-order valence-electron chi connectivity index (χ4n) is 2.21. The molecule has 21 heavy (non-hydrogen) atoms. The van der Waals surface area contributed by atoms with Gasteiger partial charge in [0.05, 0.1) is 10.9 Å². The molecule has 2 rings (SSSR count). The van der Waals surface area contributed by atoms with Gasteiger partial charge in [-0.05, 0) is 30.5 Å². The van der Waals surface area contributed by atoms with E-state index in [0.717, 1.165) is 23.5 Å². The molecule has 6 heteroatoms. The molecule has 1 heterocycles. The summed E-state index contributed by atoms with van der Waals surface area (Å²) in [7, 11) is 0. The van der Waals surface area contributed by atoms with Crippen molar-refractivity contribution in [3.05, 3.63) is 23.8 Å². The molecule has 1 amide bonds. The van der Waals surface area contributed by atoms with Crippen LogP contribution in [0.1, 0.15) is 18.9 Å².